The summed E-state index contributed by atoms with van der Waals surface area (Å²) in [5.41, 5.74) is 3.97. The number of ketones is 1. The van der Waals surface area contributed by atoms with Gasteiger partial charge in [0.15, 0.2) is 5.78 Å². The number of aryl methyl sites for hydroxylation is 1. The second kappa shape index (κ2) is 14.5. The first kappa shape index (κ1) is 34.4. The third-order valence-electron chi connectivity index (χ3n) is 9.63. The Hall–Kier alpha value is -3.91. The molecule has 5 rings (SSSR count). The Morgan fingerprint density at radius 1 is 1.02 bits per heavy atom. The first-order valence-electron chi connectivity index (χ1n) is 16.2. The Morgan fingerprint density at radius 3 is 2.43 bits per heavy atom. The van der Waals surface area contributed by atoms with Gasteiger partial charge >= 0.3 is 6.18 Å². The SMILES string of the molecule is CCC1C=C(C(=O)C(C)C(C)C(C2=CC(C(C)CCc3ccc(Cn4ccccc4=O)cc3)N=C2)C(F)(F)F)c2cc(Cl)ccc2N1. The minimum Gasteiger partial charge on any atom is -0.378 e. The number of aliphatic imine (C=N–C) groups is 1. The van der Waals surface area contributed by atoms with Gasteiger partial charge in [-0.15, -0.1) is 0 Å². The Kier molecular flexibility index (Phi) is 10.6. The molecule has 47 heavy (non-hydrogen) atoms. The van der Waals surface area contributed by atoms with Crippen molar-refractivity contribution in [3.63, 3.8) is 0 Å². The molecule has 2 aromatic carbocycles. The fraction of sp³-hybridized carbons (Fsp3) is 0.395. The summed E-state index contributed by atoms with van der Waals surface area (Å²) in [6.07, 6.45) is 4.24. The smallest absolute Gasteiger partial charge is 0.378 e. The van der Waals surface area contributed by atoms with Gasteiger partial charge in [0.2, 0.25) is 0 Å². The van der Waals surface area contributed by atoms with Crippen LogP contribution < -0.4 is 10.9 Å². The van der Waals surface area contributed by atoms with Crippen LogP contribution in [0.2, 0.25) is 5.02 Å². The molecule has 0 radical (unpaired) electrons. The van der Waals surface area contributed by atoms with Crippen LogP contribution in [0.1, 0.15) is 57.2 Å². The van der Waals surface area contributed by atoms with Crippen molar-refractivity contribution in [1.29, 1.82) is 0 Å². The number of carbonyl (C=O) groups excluding carboxylic acids is 1. The lowest BCUT2D eigenvalue weighted by molar-refractivity contribution is -0.178. The third-order valence-corrected chi connectivity index (χ3v) is 9.87. The molecule has 5 nitrogen and oxygen atoms in total. The van der Waals surface area contributed by atoms with Crippen molar-refractivity contribution in [2.24, 2.45) is 28.7 Å². The van der Waals surface area contributed by atoms with Crippen molar-refractivity contribution < 1.29 is 18.0 Å². The summed E-state index contributed by atoms with van der Waals surface area (Å²) in [5.74, 6) is -4.04. The number of hydrogen-bond donors (Lipinski definition) is 1. The maximum Gasteiger partial charge on any atom is 0.396 e. The number of anilines is 1. The lowest BCUT2D eigenvalue weighted by atomic mass is 9.74. The van der Waals surface area contributed by atoms with E-state index in [1.165, 1.54) is 19.2 Å². The van der Waals surface area contributed by atoms with Crippen LogP contribution in [0.3, 0.4) is 0 Å². The van der Waals surface area contributed by atoms with Gasteiger partial charge in [-0.05, 0) is 72.1 Å². The van der Waals surface area contributed by atoms with Crippen LogP contribution in [0.5, 0.6) is 0 Å². The van der Waals surface area contributed by atoms with Gasteiger partial charge in [-0.25, -0.2) is 0 Å². The number of allylic oxidation sites excluding steroid dienone is 2. The molecule has 2 aliphatic rings. The number of Topliss-reactive ketones (excluding diaryl/α,β-unsaturated/α-hetero) is 1. The van der Waals surface area contributed by atoms with Gasteiger partial charge in [-0.3, -0.25) is 14.6 Å². The molecular formula is C38H41ClF3N3O2. The van der Waals surface area contributed by atoms with E-state index < -0.39 is 23.9 Å². The number of rotatable bonds is 12. The average Bonchev–Trinajstić information content (AvgIpc) is 3.53. The normalized spacial score (nSPS) is 20.0. The highest BCUT2D eigenvalue weighted by Crippen LogP contribution is 2.44. The Labute approximate surface area is 279 Å². The fourth-order valence-corrected chi connectivity index (χ4v) is 6.68. The zero-order chi connectivity index (χ0) is 33.9. The van der Waals surface area contributed by atoms with Crippen molar-refractivity contribution in [3.8, 4) is 0 Å². The molecule has 0 spiro atoms. The van der Waals surface area contributed by atoms with Gasteiger partial charge < -0.3 is 9.88 Å². The number of nitrogens with one attached hydrogen (secondary N) is 1. The molecule has 2 aliphatic heterocycles. The van der Waals surface area contributed by atoms with Crippen molar-refractivity contribution in [1.82, 2.24) is 4.57 Å². The number of hydrogen-bond acceptors (Lipinski definition) is 4. The van der Waals surface area contributed by atoms with Crippen molar-refractivity contribution in [3.05, 3.63) is 117 Å². The molecule has 0 amide bonds. The number of fused-ring (bicyclic) bond motifs is 1. The third kappa shape index (κ3) is 7.98. The number of carbonyl (C=O) groups is 1. The van der Waals surface area contributed by atoms with Gasteiger partial charge in [-0.2, -0.15) is 13.2 Å². The van der Waals surface area contributed by atoms with E-state index in [4.69, 9.17) is 11.6 Å². The van der Waals surface area contributed by atoms with E-state index >= 15 is 0 Å². The van der Waals surface area contributed by atoms with Crippen LogP contribution in [-0.2, 0) is 17.8 Å². The summed E-state index contributed by atoms with van der Waals surface area (Å²) < 4.78 is 45.8. The summed E-state index contributed by atoms with van der Waals surface area (Å²) in [6.45, 7) is 7.59. The Balaban J connectivity index is 1.26. The highest BCUT2D eigenvalue weighted by molar-refractivity contribution is 6.31. The van der Waals surface area contributed by atoms with E-state index in [0.717, 1.165) is 36.1 Å². The summed E-state index contributed by atoms with van der Waals surface area (Å²) in [7, 11) is 0. The molecule has 6 atom stereocenters. The molecule has 6 unspecified atom stereocenters. The van der Waals surface area contributed by atoms with Crippen LogP contribution in [0, 0.1) is 23.7 Å². The quantitative estimate of drug-likeness (QED) is 0.211. The molecule has 0 bridgehead atoms. The Morgan fingerprint density at radius 2 is 1.74 bits per heavy atom. The number of benzene rings is 2. The molecule has 9 heteroatoms. The monoisotopic (exact) mass is 663 g/mol. The van der Waals surface area contributed by atoms with E-state index in [9.17, 15) is 22.8 Å². The van der Waals surface area contributed by atoms with Gasteiger partial charge in [0, 0.05) is 52.3 Å². The second-order valence-corrected chi connectivity index (χ2v) is 13.3. The lowest BCUT2D eigenvalue weighted by Gasteiger charge is -2.32. The van der Waals surface area contributed by atoms with Crippen LogP contribution >= 0.6 is 11.6 Å². The van der Waals surface area contributed by atoms with Crippen molar-refractivity contribution in [2.75, 3.05) is 5.32 Å². The van der Waals surface area contributed by atoms with Crippen LogP contribution in [0.15, 0.2) is 94.4 Å². The van der Waals surface area contributed by atoms with Gasteiger partial charge in [0.1, 0.15) is 0 Å². The maximum absolute atomic E-state index is 14.7. The first-order valence-corrected chi connectivity index (χ1v) is 16.6. The standard InChI is InChI=1S/C38H41ClF3N3O2/c1-5-30-20-32(31-19-29(39)15-16-33(31)44-30)37(47)25(4)24(3)36(38(40,41)42)28-18-34(43-21-28)23(2)9-10-26-11-13-27(14-12-26)22-45-17-7-6-8-35(45)46/h6-8,11-21,23-25,30,34,36,44H,5,9-10,22H2,1-4H3. The molecule has 0 saturated heterocycles. The van der Waals surface area contributed by atoms with Crippen molar-refractivity contribution in [2.45, 2.75) is 71.8 Å². The van der Waals surface area contributed by atoms with E-state index in [-0.39, 0.29) is 34.9 Å². The van der Waals surface area contributed by atoms with E-state index in [1.54, 1.807) is 48.0 Å². The van der Waals surface area contributed by atoms with E-state index in [2.05, 4.69) is 10.3 Å². The van der Waals surface area contributed by atoms with E-state index in [0.29, 0.717) is 22.7 Å². The molecular weight excluding hydrogens is 623 g/mol. The predicted octanol–water partition coefficient (Wildman–Crippen LogP) is 8.81. The number of alkyl halides is 3. The van der Waals surface area contributed by atoms with Crippen LogP contribution in [-0.4, -0.2) is 34.8 Å². The van der Waals surface area contributed by atoms with Gasteiger partial charge in [-0.1, -0.05) is 81.8 Å². The Bertz CT molecular complexity index is 1740. The molecule has 1 N–H and O–H groups in total. The van der Waals surface area contributed by atoms with Gasteiger partial charge in [0.25, 0.3) is 5.56 Å². The number of pyridine rings is 1. The fourth-order valence-electron chi connectivity index (χ4n) is 6.51. The topological polar surface area (TPSA) is 63.5 Å². The van der Waals surface area contributed by atoms with Crippen LogP contribution in [0.25, 0.3) is 5.57 Å². The first-order chi connectivity index (χ1) is 22.3. The molecule has 0 saturated carbocycles. The number of halogens is 4. The molecule has 0 aliphatic carbocycles. The van der Waals surface area contributed by atoms with Crippen molar-refractivity contribution >= 4 is 34.9 Å². The van der Waals surface area contributed by atoms with Crippen LogP contribution in [0.4, 0.5) is 18.9 Å². The van der Waals surface area contributed by atoms with Gasteiger partial charge in [0.05, 0.1) is 18.5 Å². The van der Waals surface area contributed by atoms with E-state index in [1.807, 2.05) is 50.3 Å². The number of aromatic nitrogens is 1. The summed E-state index contributed by atoms with van der Waals surface area (Å²) >= 11 is 6.24. The molecule has 3 heterocycles. The highest BCUT2D eigenvalue weighted by Gasteiger charge is 2.48. The zero-order valence-corrected chi connectivity index (χ0v) is 27.9. The maximum atomic E-state index is 14.7. The molecule has 248 valence electrons. The largest absolute Gasteiger partial charge is 0.396 e. The lowest BCUT2D eigenvalue weighted by Crippen LogP contribution is -2.37. The number of nitrogens with zero attached hydrogens (tertiary/aromatic N) is 2. The summed E-state index contributed by atoms with van der Waals surface area (Å²) in [5, 5.41) is 3.82. The summed E-state index contributed by atoms with van der Waals surface area (Å²) in [4.78, 5) is 30.4. The predicted molar refractivity (Wildman–Crippen MR) is 184 cm³/mol. The second-order valence-electron chi connectivity index (χ2n) is 12.9. The summed E-state index contributed by atoms with van der Waals surface area (Å²) in [6, 6.07) is 17.9. The highest BCUT2D eigenvalue weighted by atomic mass is 35.5. The molecule has 1 aromatic heterocycles. The molecule has 3 aromatic rings. The zero-order valence-electron chi connectivity index (χ0n) is 27.1. The molecule has 0 fully saturated rings. The minimum atomic E-state index is -4.55. The average molecular weight is 664 g/mol. The minimum absolute atomic E-state index is 0.0155.